The van der Waals surface area contributed by atoms with Crippen LogP contribution in [0.5, 0.6) is 0 Å². The van der Waals surface area contributed by atoms with Crippen molar-refractivity contribution in [3.63, 3.8) is 0 Å². The second-order valence-corrected chi connectivity index (χ2v) is 10.2. The predicted molar refractivity (Wildman–Crippen MR) is 122 cm³/mol. The lowest BCUT2D eigenvalue weighted by atomic mass is 9.97. The number of piperidine rings is 1. The van der Waals surface area contributed by atoms with E-state index >= 15 is 0 Å². The number of nitrogens with zero attached hydrogens (tertiary/aromatic N) is 2. The third-order valence-electron chi connectivity index (χ3n) is 5.80. The number of amides is 2. The number of benzene rings is 1. The molecule has 1 unspecified atom stereocenters. The molecule has 0 bridgehead atoms. The molecule has 0 spiro atoms. The van der Waals surface area contributed by atoms with Gasteiger partial charge in [-0.05, 0) is 44.0 Å². The van der Waals surface area contributed by atoms with Gasteiger partial charge in [-0.3, -0.25) is 14.5 Å². The average molecular weight is 467 g/mol. The Bertz CT molecular complexity index is 886. The van der Waals surface area contributed by atoms with Gasteiger partial charge in [-0.1, -0.05) is 19.4 Å². The Morgan fingerprint density at radius 2 is 1.97 bits per heavy atom. The summed E-state index contributed by atoms with van der Waals surface area (Å²) < 4.78 is 32.3. The summed E-state index contributed by atoms with van der Waals surface area (Å²) in [5.74, 6) is -0.266. The molecule has 32 heavy (non-hydrogen) atoms. The topological polar surface area (TPSA) is 108 Å². The van der Waals surface area contributed by atoms with E-state index in [9.17, 15) is 18.0 Å². The van der Waals surface area contributed by atoms with Gasteiger partial charge in [-0.15, -0.1) is 0 Å². The molecule has 178 valence electrons. The van der Waals surface area contributed by atoms with Gasteiger partial charge in [0.15, 0.2) is 0 Å². The average Bonchev–Trinajstić information content (AvgIpc) is 2.80. The minimum Gasteiger partial charge on any atom is -0.379 e. The lowest BCUT2D eigenvalue weighted by Crippen LogP contribution is -2.45. The molecule has 1 aromatic rings. The molecule has 2 heterocycles. The number of carbonyl (C=O) groups is 2. The molecule has 2 amide bonds. The van der Waals surface area contributed by atoms with Crippen LogP contribution in [-0.2, 0) is 24.3 Å². The zero-order valence-electron chi connectivity index (χ0n) is 18.7. The molecule has 0 aliphatic carbocycles. The molecule has 0 aromatic heterocycles. The molecule has 1 aromatic carbocycles. The highest BCUT2D eigenvalue weighted by atomic mass is 32.2. The van der Waals surface area contributed by atoms with Crippen LogP contribution in [-0.4, -0.2) is 81.9 Å². The van der Waals surface area contributed by atoms with Gasteiger partial charge in [0.2, 0.25) is 21.8 Å². The second-order valence-electron chi connectivity index (χ2n) is 8.31. The standard InChI is InChI=1S/C22H34N4O5S/c1-2-3-9-23-22(28)18-6-5-10-25(16-18)17-21(27)24-19-7-4-8-20(15-19)32(29,30)26-11-13-31-14-12-26/h4,7-8,15,18H,2-3,5-6,9-14,16-17H2,1H3,(H,23,28)(H,24,27). The zero-order chi connectivity index (χ0) is 23.0. The van der Waals surface area contributed by atoms with Gasteiger partial charge in [0, 0.05) is 31.9 Å². The van der Waals surface area contributed by atoms with E-state index in [0.29, 0.717) is 45.1 Å². The summed E-state index contributed by atoms with van der Waals surface area (Å²) in [5, 5.41) is 5.78. The molecular weight excluding hydrogens is 432 g/mol. The lowest BCUT2D eigenvalue weighted by molar-refractivity contribution is -0.127. The summed E-state index contributed by atoms with van der Waals surface area (Å²) in [6.07, 6.45) is 3.70. The predicted octanol–water partition coefficient (Wildman–Crippen LogP) is 1.27. The quantitative estimate of drug-likeness (QED) is 0.531. The van der Waals surface area contributed by atoms with Crippen LogP contribution in [0.2, 0.25) is 0 Å². The van der Waals surface area contributed by atoms with Gasteiger partial charge in [0.05, 0.1) is 30.6 Å². The molecule has 9 nitrogen and oxygen atoms in total. The lowest BCUT2D eigenvalue weighted by Gasteiger charge is -2.31. The number of carbonyl (C=O) groups excluding carboxylic acids is 2. The van der Waals surface area contributed by atoms with Crippen molar-refractivity contribution in [2.45, 2.75) is 37.5 Å². The third kappa shape index (κ3) is 6.74. The molecule has 10 heteroatoms. The van der Waals surface area contributed by atoms with E-state index < -0.39 is 10.0 Å². The first-order valence-electron chi connectivity index (χ1n) is 11.4. The van der Waals surface area contributed by atoms with Crippen molar-refractivity contribution in [3.05, 3.63) is 24.3 Å². The first kappa shape index (κ1) is 24.6. The fourth-order valence-electron chi connectivity index (χ4n) is 4.02. The minimum absolute atomic E-state index is 0.0598. The Hall–Kier alpha value is -2.01. The monoisotopic (exact) mass is 466 g/mol. The van der Waals surface area contributed by atoms with Crippen molar-refractivity contribution in [1.29, 1.82) is 0 Å². The Morgan fingerprint density at radius 1 is 1.19 bits per heavy atom. The van der Waals surface area contributed by atoms with E-state index in [1.165, 1.54) is 16.4 Å². The van der Waals surface area contributed by atoms with E-state index in [4.69, 9.17) is 4.74 Å². The Labute approximate surface area is 190 Å². The van der Waals surface area contributed by atoms with Gasteiger partial charge in [0.1, 0.15) is 0 Å². The van der Waals surface area contributed by atoms with E-state index in [1.807, 2.05) is 4.90 Å². The highest BCUT2D eigenvalue weighted by Gasteiger charge is 2.28. The molecule has 2 fully saturated rings. The number of likely N-dealkylation sites (tertiary alicyclic amines) is 1. The number of morpholine rings is 1. The Morgan fingerprint density at radius 3 is 2.72 bits per heavy atom. The fraction of sp³-hybridized carbons (Fsp3) is 0.636. The number of sulfonamides is 1. The van der Waals surface area contributed by atoms with E-state index in [2.05, 4.69) is 17.6 Å². The molecule has 0 saturated carbocycles. The first-order valence-corrected chi connectivity index (χ1v) is 12.8. The summed E-state index contributed by atoms with van der Waals surface area (Å²) in [6.45, 7) is 5.65. The maximum Gasteiger partial charge on any atom is 0.243 e. The van der Waals surface area contributed by atoms with Crippen molar-refractivity contribution >= 4 is 27.5 Å². The fourth-order valence-corrected chi connectivity index (χ4v) is 5.47. The normalized spacial score (nSPS) is 20.6. The highest BCUT2D eigenvalue weighted by molar-refractivity contribution is 7.89. The second kappa shape index (κ2) is 11.7. The highest BCUT2D eigenvalue weighted by Crippen LogP contribution is 2.21. The summed E-state index contributed by atoms with van der Waals surface area (Å²) in [7, 11) is -3.63. The molecule has 2 N–H and O–H groups in total. The van der Waals surface area contributed by atoms with Crippen molar-refractivity contribution in [3.8, 4) is 0 Å². The van der Waals surface area contributed by atoms with Crippen LogP contribution in [0.25, 0.3) is 0 Å². The number of hydrogen-bond donors (Lipinski definition) is 2. The van der Waals surface area contributed by atoms with Gasteiger partial charge in [-0.2, -0.15) is 4.31 Å². The van der Waals surface area contributed by atoms with Gasteiger partial charge in [-0.25, -0.2) is 8.42 Å². The number of rotatable bonds is 9. The van der Waals surface area contributed by atoms with E-state index in [1.54, 1.807) is 12.1 Å². The molecule has 2 saturated heterocycles. The number of ether oxygens (including phenoxy) is 1. The van der Waals surface area contributed by atoms with Gasteiger partial charge >= 0.3 is 0 Å². The van der Waals surface area contributed by atoms with Crippen LogP contribution in [0, 0.1) is 5.92 Å². The van der Waals surface area contributed by atoms with Crippen LogP contribution >= 0.6 is 0 Å². The molecule has 1 atom stereocenters. The molecule has 2 aliphatic heterocycles. The summed E-state index contributed by atoms with van der Waals surface area (Å²) in [5.41, 5.74) is 0.440. The van der Waals surface area contributed by atoms with Crippen LogP contribution in [0.15, 0.2) is 29.2 Å². The third-order valence-corrected chi connectivity index (χ3v) is 7.69. The maximum atomic E-state index is 12.8. The van der Waals surface area contributed by atoms with Crippen molar-refractivity contribution in [2.24, 2.45) is 5.92 Å². The Kier molecular flexibility index (Phi) is 9.03. The largest absolute Gasteiger partial charge is 0.379 e. The SMILES string of the molecule is CCCCNC(=O)C1CCCN(CC(=O)Nc2cccc(S(=O)(=O)N3CCOCC3)c2)C1. The smallest absolute Gasteiger partial charge is 0.243 e. The Balaban J connectivity index is 1.54. The summed E-state index contributed by atoms with van der Waals surface area (Å²) >= 11 is 0. The summed E-state index contributed by atoms with van der Waals surface area (Å²) in [6, 6.07) is 6.33. The van der Waals surface area contributed by atoms with Crippen LogP contribution in [0.3, 0.4) is 0 Å². The number of hydrogen-bond acceptors (Lipinski definition) is 6. The van der Waals surface area contributed by atoms with E-state index in [0.717, 1.165) is 32.2 Å². The number of unbranched alkanes of at least 4 members (excludes halogenated alkanes) is 1. The van der Waals surface area contributed by atoms with Crippen molar-refractivity contribution < 1.29 is 22.7 Å². The summed E-state index contributed by atoms with van der Waals surface area (Å²) in [4.78, 5) is 27.1. The van der Waals surface area contributed by atoms with E-state index in [-0.39, 0.29) is 29.2 Å². The number of anilines is 1. The first-order chi connectivity index (χ1) is 15.4. The minimum atomic E-state index is -3.63. The van der Waals surface area contributed by atoms with Crippen LogP contribution in [0.4, 0.5) is 5.69 Å². The van der Waals surface area contributed by atoms with Crippen molar-refractivity contribution in [1.82, 2.24) is 14.5 Å². The maximum absolute atomic E-state index is 12.8. The molecular formula is C22H34N4O5S. The van der Waals surface area contributed by atoms with Crippen molar-refractivity contribution in [2.75, 3.05) is 57.8 Å². The van der Waals surface area contributed by atoms with Crippen LogP contribution < -0.4 is 10.6 Å². The van der Waals surface area contributed by atoms with Gasteiger partial charge < -0.3 is 15.4 Å². The molecule has 2 aliphatic rings. The zero-order valence-corrected chi connectivity index (χ0v) is 19.5. The number of nitrogens with one attached hydrogen (secondary N) is 2. The molecule has 3 rings (SSSR count). The van der Waals surface area contributed by atoms with Gasteiger partial charge in [0.25, 0.3) is 0 Å². The van der Waals surface area contributed by atoms with Crippen LogP contribution in [0.1, 0.15) is 32.6 Å². The molecule has 0 radical (unpaired) electrons.